The molecule has 0 amide bonds. The summed E-state index contributed by atoms with van der Waals surface area (Å²) in [6.45, 7) is 0. The van der Waals surface area contributed by atoms with E-state index >= 15 is 0 Å². The summed E-state index contributed by atoms with van der Waals surface area (Å²) in [5.41, 5.74) is 3.78. The first-order valence-electron chi connectivity index (χ1n) is 6.12. The van der Waals surface area contributed by atoms with Crippen molar-refractivity contribution in [1.82, 2.24) is 0 Å². The highest BCUT2D eigenvalue weighted by Crippen LogP contribution is 2.19. The number of hydrogen-bond donors (Lipinski definition) is 0. The van der Waals surface area contributed by atoms with Gasteiger partial charge in [0.15, 0.2) is 0 Å². The summed E-state index contributed by atoms with van der Waals surface area (Å²) in [6, 6.07) is 16.5. The minimum Gasteiger partial charge on any atom is -0.101 e. The van der Waals surface area contributed by atoms with Crippen LogP contribution in [0.1, 0.15) is 12.0 Å². The SMILES string of the molecule is BrCCC[SiH2]C=Cc1cccc2ccccc12. The molecule has 0 fully saturated rings. The van der Waals surface area contributed by atoms with Crippen molar-refractivity contribution >= 4 is 42.3 Å². The summed E-state index contributed by atoms with van der Waals surface area (Å²) >= 11 is 3.48. The van der Waals surface area contributed by atoms with Gasteiger partial charge in [-0.2, -0.15) is 0 Å². The summed E-state index contributed by atoms with van der Waals surface area (Å²) in [5, 5.41) is 3.83. The lowest BCUT2D eigenvalue weighted by Crippen LogP contribution is -1.85. The molecule has 0 saturated heterocycles. The van der Waals surface area contributed by atoms with Gasteiger partial charge in [-0.15, -0.1) is 5.70 Å². The van der Waals surface area contributed by atoms with E-state index in [0.717, 1.165) is 5.33 Å². The highest BCUT2D eigenvalue weighted by atomic mass is 79.9. The Balaban J connectivity index is 2.13. The molecule has 0 nitrogen and oxygen atoms in total. The maximum Gasteiger partial charge on any atom is 0.0454 e. The molecule has 2 heteroatoms. The summed E-state index contributed by atoms with van der Waals surface area (Å²) in [5.74, 6) is 0. The Hall–Kier alpha value is -0.863. The number of benzene rings is 2. The molecule has 0 unspecified atom stereocenters. The maximum absolute atomic E-state index is 3.48. The second kappa shape index (κ2) is 6.77. The van der Waals surface area contributed by atoms with Crippen LogP contribution in [0.4, 0.5) is 0 Å². The zero-order valence-corrected chi connectivity index (χ0v) is 12.9. The maximum atomic E-state index is 3.48. The van der Waals surface area contributed by atoms with Gasteiger partial charge >= 0.3 is 0 Å². The Morgan fingerprint density at radius 1 is 1.06 bits per heavy atom. The van der Waals surface area contributed by atoms with Crippen molar-refractivity contribution < 1.29 is 0 Å². The minimum atomic E-state index is -0.0204. The van der Waals surface area contributed by atoms with Crippen LogP contribution in [0, 0.1) is 0 Å². The molecule has 88 valence electrons. The summed E-state index contributed by atoms with van der Waals surface area (Å²) in [7, 11) is -0.0204. The molecule has 0 bridgehead atoms. The molecular weight excluding hydrogens is 288 g/mol. The van der Waals surface area contributed by atoms with Crippen LogP contribution in [0.15, 0.2) is 48.2 Å². The van der Waals surface area contributed by atoms with Crippen LogP contribution in [0.3, 0.4) is 0 Å². The van der Waals surface area contributed by atoms with Crippen LogP contribution >= 0.6 is 15.9 Å². The first kappa shape index (κ1) is 12.6. The predicted octanol–water partition coefficient (Wildman–Crippen LogP) is 4.18. The average molecular weight is 305 g/mol. The number of hydrogen-bond acceptors (Lipinski definition) is 0. The van der Waals surface area contributed by atoms with E-state index in [1.54, 1.807) is 0 Å². The third-order valence-electron chi connectivity index (χ3n) is 2.88. The highest BCUT2D eigenvalue weighted by Gasteiger charge is 1.95. The van der Waals surface area contributed by atoms with Gasteiger partial charge < -0.3 is 0 Å². The van der Waals surface area contributed by atoms with Gasteiger partial charge in [-0.1, -0.05) is 70.5 Å². The van der Waals surface area contributed by atoms with E-state index in [2.05, 4.69) is 70.2 Å². The van der Waals surface area contributed by atoms with Crippen LogP contribution < -0.4 is 0 Å². The highest BCUT2D eigenvalue weighted by molar-refractivity contribution is 9.09. The molecule has 17 heavy (non-hydrogen) atoms. The van der Waals surface area contributed by atoms with Crippen molar-refractivity contribution in [3.8, 4) is 0 Å². The smallest absolute Gasteiger partial charge is 0.0454 e. The first-order chi connectivity index (χ1) is 8.42. The minimum absolute atomic E-state index is 0.0204. The molecule has 2 aromatic carbocycles. The molecule has 0 spiro atoms. The van der Waals surface area contributed by atoms with Gasteiger partial charge in [0.25, 0.3) is 0 Å². The second-order valence-corrected chi connectivity index (χ2v) is 6.70. The molecule has 0 aliphatic carbocycles. The van der Waals surface area contributed by atoms with Gasteiger partial charge in [-0.3, -0.25) is 0 Å². The molecule has 0 aromatic heterocycles. The molecular formula is C15H17BrSi. The van der Waals surface area contributed by atoms with Gasteiger partial charge in [-0.05, 0) is 22.8 Å². The fourth-order valence-corrected chi connectivity index (χ4v) is 4.29. The summed E-state index contributed by atoms with van der Waals surface area (Å²) in [4.78, 5) is 0. The molecule has 0 atom stereocenters. The Bertz CT molecular complexity index is 500. The van der Waals surface area contributed by atoms with Crippen molar-refractivity contribution in [2.45, 2.75) is 12.5 Å². The monoisotopic (exact) mass is 304 g/mol. The van der Waals surface area contributed by atoms with Gasteiger partial charge in [-0.25, -0.2) is 0 Å². The third-order valence-corrected chi connectivity index (χ3v) is 4.91. The van der Waals surface area contributed by atoms with E-state index in [1.165, 1.54) is 28.8 Å². The molecule has 0 saturated carbocycles. The lowest BCUT2D eigenvalue weighted by Gasteiger charge is -2.01. The zero-order chi connectivity index (χ0) is 11.9. The largest absolute Gasteiger partial charge is 0.101 e. The molecule has 0 aliphatic heterocycles. The van der Waals surface area contributed by atoms with Gasteiger partial charge in [0.05, 0.1) is 0 Å². The number of fused-ring (bicyclic) bond motifs is 1. The van der Waals surface area contributed by atoms with Gasteiger partial charge in [0.2, 0.25) is 0 Å². The number of alkyl halides is 1. The molecule has 0 radical (unpaired) electrons. The van der Waals surface area contributed by atoms with Crippen LogP contribution in [-0.2, 0) is 0 Å². The fourth-order valence-electron chi connectivity index (χ4n) is 1.96. The van der Waals surface area contributed by atoms with Crippen molar-refractivity contribution in [3.05, 3.63) is 53.7 Å². The number of halogens is 1. The number of rotatable bonds is 5. The van der Waals surface area contributed by atoms with Crippen LogP contribution in [0.2, 0.25) is 6.04 Å². The van der Waals surface area contributed by atoms with Crippen molar-refractivity contribution in [3.63, 3.8) is 0 Å². The fraction of sp³-hybridized carbons (Fsp3) is 0.200. The van der Waals surface area contributed by atoms with E-state index in [4.69, 9.17) is 0 Å². The third kappa shape index (κ3) is 3.55. The Morgan fingerprint density at radius 2 is 1.88 bits per heavy atom. The molecule has 0 heterocycles. The van der Waals surface area contributed by atoms with Gasteiger partial charge in [0.1, 0.15) is 0 Å². The Labute approximate surface area is 114 Å². The first-order valence-corrected chi connectivity index (χ1v) is 9.06. The standard InChI is InChI=1S/C15H17BrSi/c16-10-4-11-17-12-9-14-7-3-6-13-5-1-2-8-15(13)14/h1-3,5-9,12H,4,10-11,17H2. The Kier molecular flexibility index (Phi) is 5.01. The van der Waals surface area contributed by atoms with Crippen LogP contribution in [0.25, 0.3) is 16.8 Å². The van der Waals surface area contributed by atoms with Crippen molar-refractivity contribution in [2.24, 2.45) is 0 Å². The predicted molar refractivity (Wildman–Crippen MR) is 84.7 cm³/mol. The lowest BCUT2D eigenvalue weighted by atomic mass is 10.1. The zero-order valence-electron chi connectivity index (χ0n) is 9.90. The molecule has 0 N–H and O–H groups in total. The van der Waals surface area contributed by atoms with Crippen LogP contribution in [0.5, 0.6) is 0 Å². The van der Waals surface area contributed by atoms with Crippen molar-refractivity contribution in [2.75, 3.05) is 5.33 Å². The quantitative estimate of drug-likeness (QED) is 0.441. The van der Waals surface area contributed by atoms with E-state index in [9.17, 15) is 0 Å². The van der Waals surface area contributed by atoms with Crippen molar-refractivity contribution in [1.29, 1.82) is 0 Å². The average Bonchev–Trinajstić information content (AvgIpc) is 2.39. The van der Waals surface area contributed by atoms with E-state index in [-0.39, 0.29) is 9.52 Å². The van der Waals surface area contributed by atoms with E-state index in [1.807, 2.05) is 0 Å². The second-order valence-electron chi connectivity index (χ2n) is 4.16. The van der Waals surface area contributed by atoms with E-state index in [0.29, 0.717) is 0 Å². The van der Waals surface area contributed by atoms with E-state index < -0.39 is 0 Å². The normalized spacial score (nSPS) is 12.1. The van der Waals surface area contributed by atoms with Gasteiger partial charge in [0, 0.05) is 14.8 Å². The topological polar surface area (TPSA) is 0 Å². The van der Waals surface area contributed by atoms with Crippen LogP contribution in [-0.4, -0.2) is 14.8 Å². The summed E-state index contributed by atoms with van der Waals surface area (Å²) < 4.78 is 0. The Morgan fingerprint density at radius 3 is 2.76 bits per heavy atom. The molecule has 2 aromatic rings. The molecule has 0 aliphatic rings. The summed E-state index contributed by atoms with van der Waals surface area (Å²) in [6.07, 6.45) is 3.62. The lowest BCUT2D eigenvalue weighted by molar-refractivity contribution is 1.11. The molecule has 2 rings (SSSR count).